The average molecular weight is 423 g/mol. The van der Waals surface area contributed by atoms with Crippen molar-refractivity contribution in [2.45, 2.75) is 26.8 Å². The summed E-state index contributed by atoms with van der Waals surface area (Å²) in [4.78, 5) is 29.7. The fourth-order valence-electron chi connectivity index (χ4n) is 4.05. The fraction of sp³-hybridized carbons (Fsp3) is 0.360. The van der Waals surface area contributed by atoms with Gasteiger partial charge in [-0.05, 0) is 69.3 Å². The van der Waals surface area contributed by atoms with Gasteiger partial charge >= 0.3 is 0 Å². The number of methoxy groups -OCH3 is 1. The van der Waals surface area contributed by atoms with E-state index >= 15 is 0 Å². The number of aliphatic hydroxyl groups is 1. The van der Waals surface area contributed by atoms with E-state index in [9.17, 15) is 14.7 Å². The molecule has 3 rings (SSSR count). The number of Topliss-reactive ketones (excluding diaryl/α,β-unsaturated/α-hetero) is 1. The van der Waals surface area contributed by atoms with Gasteiger partial charge in [-0.1, -0.05) is 24.3 Å². The molecule has 0 aromatic heterocycles. The summed E-state index contributed by atoms with van der Waals surface area (Å²) < 4.78 is 5.37. The quantitative estimate of drug-likeness (QED) is 0.438. The predicted octanol–water partition coefficient (Wildman–Crippen LogP) is 3.60. The van der Waals surface area contributed by atoms with Crippen molar-refractivity contribution in [1.29, 1.82) is 0 Å². The fourth-order valence-corrected chi connectivity index (χ4v) is 4.05. The van der Waals surface area contributed by atoms with Gasteiger partial charge in [-0.15, -0.1) is 0 Å². The largest absolute Gasteiger partial charge is 0.507 e. The van der Waals surface area contributed by atoms with Crippen LogP contribution in [0.5, 0.6) is 5.75 Å². The highest BCUT2D eigenvalue weighted by Crippen LogP contribution is 2.41. The molecule has 164 valence electrons. The molecule has 1 N–H and O–H groups in total. The number of carbonyl (C=O) groups is 2. The van der Waals surface area contributed by atoms with E-state index in [-0.39, 0.29) is 11.3 Å². The number of nitrogens with zero attached hydrogens (tertiary/aromatic N) is 2. The highest BCUT2D eigenvalue weighted by molar-refractivity contribution is 6.46. The molecule has 0 saturated carbocycles. The zero-order chi connectivity index (χ0) is 22.9. The Balaban J connectivity index is 2.23. The minimum Gasteiger partial charge on any atom is -0.507 e. The third kappa shape index (κ3) is 4.21. The van der Waals surface area contributed by atoms with Crippen LogP contribution in [0.2, 0.25) is 0 Å². The number of rotatable bonds is 6. The van der Waals surface area contributed by atoms with Gasteiger partial charge in [0, 0.05) is 18.7 Å². The van der Waals surface area contributed by atoms with Gasteiger partial charge in [0.25, 0.3) is 11.7 Å². The Kier molecular flexibility index (Phi) is 6.51. The summed E-state index contributed by atoms with van der Waals surface area (Å²) in [5.41, 5.74) is 4.06. The molecule has 1 amide bonds. The van der Waals surface area contributed by atoms with Crippen LogP contribution in [0.1, 0.15) is 33.9 Å². The Morgan fingerprint density at radius 2 is 1.74 bits per heavy atom. The second kappa shape index (κ2) is 8.94. The molecule has 0 aliphatic carbocycles. The third-order valence-corrected chi connectivity index (χ3v) is 5.81. The van der Waals surface area contributed by atoms with Crippen LogP contribution in [0, 0.1) is 20.8 Å². The van der Waals surface area contributed by atoms with Crippen molar-refractivity contribution in [3.8, 4) is 5.75 Å². The molecule has 1 saturated heterocycles. The second-order valence-electron chi connectivity index (χ2n) is 8.29. The van der Waals surface area contributed by atoms with E-state index in [1.54, 1.807) is 18.1 Å². The number of ketones is 1. The molecule has 6 heteroatoms. The molecule has 2 aromatic carbocycles. The summed E-state index contributed by atoms with van der Waals surface area (Å²) in [5.74, 6) is -0.685. The van der Waals surface area contributed by atoms with E-state index < -0.39 is 17.7 Å². The molecule has 1 unspecified atom stereocenters. The zero-order valence-electron chi connectivity index (χ0n) is 19.0. The molecule has 1 aliphatic rings. The molecule has 0 spiro atoms. The first-order valence-electron chi connectivity index (χ1n) is 10.3. The van der Waals surface area contributed by atoms with Gasteiger partial charge in [-0.2, -0.15) is 0 Å². The van der Waals surface area contributed by atoms with Gasteiger partial charge in [0.15, 0.2) is 0 Å². The maximum Gasteiger partial charge on any atom is 0.295 e. The molecular weight excluding hydrogens is 392 g/mol. The van der Waals surface area contributed by atoms with Gasteiger partial charge in [-0.25, -0.2) is 0 Å². The van der Waals surface area contributed by atoms with Crippen molar-refractivity contribution in [3.63, 3.8) is 0 Å². The molecule has 0 radical (unpaired) electrons. The molecule has 0 bridgehead atoms. The van der Waals surface area contributed by atoms with Crippen LogP contribution in [0.25, 0.3) is 5.76 Å². The van der Waals surface area contributed by atoms with E-state index in [2.05, 4.69) is 0 Å². The smallest absolute Gasteiger partial charge is 0.295 e. The van der Waals surface area contributed by atoms with E-state index in [1.807, 2.05) is 70.1 Å². The first-order chi connectivity index (χ1) is 14.7. The summed E-state index contributed by atoms with van der Waals surface area (Å²) in [5, 5.41) is 11.3. The number of likely N-dealkylation sites (N-methyl/N-ethyl adjacent to an activating group) is 1. The third-order valence-electron chi connectivity index (χ3n) is 5.81. The Morgan fingerprint density at radius 1 is 1.06 bits per heavy atom. The van der Waals surface area contributed by atoms with Crippen molar-refractivity contribution < 1.29 is 19.4 Å². The van der Waals surface area contributed by atoms with Crippen LogP contribution in [-0.4, -0.2) is 60.9 Å². The molecule has 1 fully saturated rings. The predicted molar refractivity (Wildman–Crippen MR) is 121 cm³/mol. The number of likely N-dealkylation sites (tertiary alicyclic amines) is 1. The molecule has 1 aliphatic heterocycles. The summed E-state index contributed by atoms with van der Waals surface area (Å²) in [6, 6.07) is 10.7. The van der Waals surface area contributed by atoms with Crippen LogP contribution < -0.4 is 4.74 Å². The highest BCUT2D eigenvalue weighted by Gasteiger charge is 2.46. The number of carbonyl (C=O) groups excluding carboxylic acids is 2. The monoisotopic (exact) mass is 422 g/mol. The standard InChI is InChI=1S/C25H30N2O4/c1-15-9-7-8-10-18(15)22-21(24(29)25(30)27(22)12-11-26(4)5)23(28)19-13-17(3)20(31-6)14-16(19)2/h7-10,13-14,22,28H,11-12H2,1-6H3/b23-21+. The first kappa shape index (κ1) is 22.6. The van der Waals surface area contributed by atoms with Crippen LogP contribution in [-0.2, 0) is 9.59 Å². The van der Waals surface area contributed by atoms with E-state index in [0.29, 0.717) is 24.4 Å². The van der Waals surface area contributed by atoms with Gasteiger partial charge in [-0.3, -0.25) is 9.59 Å². The Labute approximate surface area is 183 Å². The first-order valence-corrected chi connectivity index (χ1v) is 10.3. The maximum absolute atomic E-state index is 13.1. The molecule has 31 heavy (non-hydrogen) atoms. The van der Waals surface area contributed by atoms with Crippen LogP contribution in [0.3, 0.4) is 0 Å². The number of amides is 1. The lowest BCUT2D eigenvalue weighted by molar-refractivity contribution is -0.140. The van der Waals surface area contributed by atoms with Crippen LogP contribution in [0.4, 0.5) is 0 Å². The van der Waals surface area contributed by atoms with Crippen LogP contribution in [0.15, 0.2) is 42.0 Å². The lowest BCUT2D eigenvalue weighted by atomic mass is 9.91. The lowest BCUT2D eigenvalue weighted by Crippen LogP contribution is -2.35. The Bertz CT molecular complexity index is 1060. The van der Waals surface area contributed by atoms with Gasteiger partial charge in [0.1, 0.15) is 11.5 Å². The normalized spacial score (nSPS) is 18.2. The maximum atomic E-state index is 13.1. The average Bonchev–Trinajstić information content (AvgIpc) is 2.97. The molecular formula is C25H30N2O4. The second-order valence-corrected chi connectivity index (χ2v) is 8.29. The highest BCUT2D eigenvalue weighted by atomic mass is 16.5. The van der Waals surface area contributed by atoms with Crippen molar-refractivity contribution in [2.24, 2.45) is 0 Å². The topological polar surface area (TPSA) is 70.1 Å². The van der Waals surface area contributed by atoms with Crippen molar-refractivity contribution in [3.05, 3.63) is 69.8 Å². The molecule has 6 nitrogen and oxygen atoms in total. The lowest BCUT2D eigenvalue weighted by Gasteiger charge is -2.27. The zero-order valence-corrected chi connectivity index (χ0v) is 19.0. The number of ether oxygens (including phenoxy) is 1. The van der Waals surface area contributed by atoms with Crippen LogP contribution >= 0.6 is 0 Å². The number of hydrogen-bond acceptors (Lipinski definition) is 5. The summed E-state index contributed by atoms with van der Waals surface area (Å²) in [6.45, 7) is 6.67. The minimum absolute atomic E-state index is 0.130. The van der Waals surface area contributed by atoms with E-state index in [1.165, 1.54) is 0 Å². The molecule has 1 atom stereocenters. The number of hydrogen-bond donors (Lipinski definition) is 1. The summed E-state index contributed by atoms with van der Waals surface area (Å²) >= 11 is 0. The minimum atomic E-state index is -0.655. The number of aryl methyl sites for hydroxylation is 3. The van der Waals surface area contributed by atoms with Crippen molar-refractivity contribution >= 4 is 17.4 Å². The van der Waals surface area contributed by atoms with Gasteiger partial charge < -0.3 is 19.6 Å². The molecule has 2 aromatic rings. The SMILES string of the molecule is COc1cc(C)c(/C(O)=C2\C(=O)C(=O)N(CCN(C)C)C2c2ccccc2C)cc1C. The van der Waals surface area contributed by atoms with E-state index in [4.69, 9.17) is 4.74 Å². The summed E-state index contributed by atoms with van der Waals surface area (Å²) in [7, 11) is 5.43. The van der Waals surface area contributed by atoms with Crippen molar-refractivity contribution in [2.75, 3.05) is 34.3 Å². The van der Waals surface area contributed by atoms with Gasteiger partial charge in [0.05, 0.1) is 18.7 Å². The van der Waals surface area contributed by atoms with Gasteiger partial charge in [0.2, 0.25) is 0 Å². The number of benzene rings is 2. The van der Waals surface area contributed by atoms with E-state index in [0.717, 1.165) is 22.3 Å². The Morgan fingerprint density at radius 3 is 2.35 bits per heavy atom. The number of aliphatic hydroxyl groups excluding tert-OH is 1. The molecule has 1 heterocycles. The Hall–Kier alpha value is -3.12. The summed E-state index contributed by atoms with van der Waals surface area (Å²) in [6.07, 6.45) is 0. The van der Waals surface area contributed by atoms with Crippen molar-refractivity contribution in [1.82, 2.24) is 9.80 Å².